The average Bonchev–Trinajstić information content (AvgIpc) is 2.92. The minimum atomic E-state index is -4.48. The van der Waals surface area contributed by atoms with Crippen molar-refractivity contribution in [1.82, 2.24) is 4.98 Å². The van der Waals surface area contributed by atoms with E-state index in [0.717, 1.165) is 22.6 Å². The molecule has 0 aliphatic carbocycles. The number of pyridine rings is 1. The zero-order valence-electron chi connectivity index (χ0n) is 16.4. The number of halogens is 3. The zero-order chi connectivity index (χ0) is 21.5. The van der Waals surface area contributed by atoms with E-state index < -0.39 is 23.8 Å². The molecule has 2 heterocycles. The molecule has 0 saturated carbocycles. The minimum Gasteiger partial charge on any atom is -0.364 e. The van der Waals surface area contributed by atoms with E-state index in [9.17, 15) is 18.0 Å². The summed E-state index contributed by atoms with van der Waals surface area (Å²) >= 11 is 1.43. The maximum atomic E-state index is 13.3. The van der Waals surface area contributed by atoms with Crippen LogP contribution in [0.3, 0.4) is 0 Å². The number of fused-ring (bicyclic) bond motifs is 1. The summed E-state index contributed by atoms with van der Waals surface area (Å²) in [6.07, 6.45) is -3.27. The van der Waals surface area contributed by atoms with Crippen molar-refractivity contribution in [1.29, 1.82) is 0 Å². The molecule has 2 aromatic rings. The van der Waals surface area contributed by atoms with Gasteiger partial charge in [0.2, 0.25) is 0 Å². The van der Waals surface area contributed by atoms with Gasteiger partial charge in [0.1, 0.15) is 11.4 Å². The van der Waals surface area contributed by atoms with Crippen molar-refractivity contribution in [3.63, 3.8) is 0 Å². The van der Waals surface area contributed by atoms with Gasteiger partial charge in [-0.3, -0.25) is 9.63 Å². The van der Waals surface area contributed by atoms with Gasteiger partial charge in [-0.05, 0) is 49.9 Å². The lowest BCUT2D eigenvalue weighted by Gasteiger charge is -2.30. The first kappa shape index (κ1) is 21.3. The molecule has 156 valence electrons. The topological polar surface area (TPSA) is 71.7 Å². The summed E-state index contributed by atoms with van der Waals surface area (Å²) in [4.78, 5) is 24.5. The second-order valence-electron chi connectivity index (χ2n) is 6.54. The van der Waals surface area contributed by atoms with Crippen LogP contribution in [0, 0.1) is 6.92 Å². The number of primary amides is 1. The van der Waals surface area contributed by atoms with Crippen molar-refractivity contribution in [3.05, 3.63) is 46.8 Å². The number of amides is 1. The highest BCUT2D eigenvalue weighted by molar-refractivity contribution is 7.98. The average molecular weight is 426 g/mol. The number of carbonyl (C=O) groups is 1. The molecule has 0 spiro atoms. The van der Waals surface area contributed by atoms with E-state index in [2.05, 4.69) is 4.98 Å². The Morgan fingerprint density at radius 2 is 2.00 bits per heavy atom. The van der Waals surface area contributed by atoms with Gasteiger partial charge >= 0.3 is 6.18 Å². The van der Waals surface area contributed by atoms with Gasteiger partial charge in [-0.15, -0.1) is 11.8 Å². The van der Waals surface area contributed by atoms with Crippen LogP contribution in [0.4, 0.5) is 24.5 Å². The smallest absolute Gasteiger partial charge is 0.364 e. The van der Waals surface area contributed by atoms with Crippen molar-refractivity contribution in [2.45, 2.75) is 31.1 Å². The Bertz CT molecular complexity index is 952. The van der Waals surface area contributed by atoms with Crippen molar-refractivity contribution < 1.29 is 22.8 Å². The summed E-state index contributed by atoms with van der Waals surface area (Å²) < 4.78 is 39.8. The number of benzene rings is 1. The van der Waals surface area contributed by atoms with E-state index in [1.165, 1.54) is 22.9 Å². The number of hydroxylamine groups is 1. The highest BCUT2D eigenvalue weighted by Gasteiger charge is 2.41. The van der Waals surface area contributed by atoms with Crippen molar-refractivity contribution >= 4 is 29.0 Å². The molecule has 1 aromatic carbocycles. The molecule has 3 rings (SSSR count). The molecule has 6 nitrogen and oxygen atoms in total. The van der Waals surface area contributed by atoms with E-state index in [4.69, 9.17) is 10.6 Å². The van der Waals surface area contributed by atoms with E-state index >= 15 is 0 Å². The fourth-order valence-corrected chi connectivity index (χ4v) is 4.16. The molecule has 1 aliphatic heterocycles. The molecule has 10 heteroatoms. The second-order valence-corrected chi connectivity index (χ2v) is 7.35. The largest absolute Gasteiger partial charge is 0.416 e. The first-order chi connectivity index (χ1) is 13.6. The van der Waals surface area contributed by atoms with Crippen LogP contribution in [0.5, 0.6) is 0 Å². The minimum absolute atomic E-state index is 0.0899. The molecule has 1 unspecified atom stereocenters. The van der Waals surface area contributed by atoms with Crippen LogP contribution < -0.4 is 15.7 Å². The summed E-state index contributed by atoms with van der Waals surface area (Å²) in [5.41, 5.74) is 6.89. The van der Waals surface area contributed by atoms with Crippen molar-refractivity contribution in [2.24, 2.45) is 5.73 Å². The molecule has 0 radical (unpaired) electrons. The third-order valence-electron chi connectivity index (χ3n) is 4.66. The van der Waals surface area contributed by atoms with E-state index in [1.807, 2.05) is 13.2 Å². The number of alkyl halides is 3. The van der Waals surface area contributed by atoms with Crippen molar-refractivity contribution in [2.75, 3.05) is 29.9 Å². The molecule has 1 atom stereocenters. The number of anilines is 2. The molecular formula is C19H21F3N4O2S. The van der Waals surface area contributed by atoms with Crippen LogP contribution in [0.2, 0.25) is 0 Å². The van der Waals surface area contributed by atoms with Crippen LogP contribution in [0.15, 0.2) is 29.2 Å². The molecule has 29 heavy (non-hydrogen) atoms. The van der Waals surface area contributed by atoms with Crippen LogP contribution >= 0.6 is 11.8 Å². The van der Waals surface area contributed by atoms with Gasteiger partial charge in [0.05, 0.1) is 23.5 Å². The molecular weight excluding hydrogens is 405 g/mol. The number of thioether (sulfide) groups is 1. The number of rotatable bonds is 5. The number of aromatic nitrogens is 1. The molecule has 0 fully saturated rings. The Morgan fingerprint density at radius 3 is 2.55 bits per heavy atom. The maximum Gasteiger partial charge on any atom is 0.416 e. The van der Waals surface area contributed by atoms with Gasteiger partial charge in [0.25, 0.3) is 5.91 Å². The SMILES string of the molecule is CCON1c2cc(C(F)(F)F)ccc2N(C)C1c1nc(C(N)=O)cc(C)c1SC. The summed E-state index contributed by atoms with van der Waals surface area (Å²) in [5, 5.41) is 1.41. The van der Waals surface area contributed by atoms with Crippen LogP contribution in [0.25, 0.3) is 0 Å². The Kier molecular flexibility index (Phi) is 5.68. The predicted molar refractivity (Wildman–Crippen MR) is 106 cm³/mol. The Hall–Kier alpha value is -2.46. The first-order valence-corrected chi connectivity index (χ1v) is 10.0. The van der Waals surface area contributed by atoms with Gasteiger partial charge in [-0.2, -0.15) is 13.2 Å². The Labute approximate surface area is 170 Å². The fraction of sp³-hybridized carbons (Fsp3) is 0.368. The van der Waals surface area contributed by atoms with Gasteiger partial charge in [-0.1, -0.05) is 0 Å². The van der Waals surface area contributed by atoms with Gasteiger partial charge in [-0.25, -0.2) is 10.0 Å². The number of nitrogens with zero attached hydrogens (tertiary/aromatic N) is 3. The predicted octanol–water partition coefficient (Wildman–Crippen LogP) is 4.14. The number of hydrogen-bond acceptors (Lipinski definition) is 6. The quantitative estimate of drug-likeness (QED) is 0.725. The molecule has 2 N–H and O–H groups in total. The maximum absolute atomic E-state index is 13.3. The fourth-order valence-electron chi connectivity index (χ4n) is 3.42. The first-order valence-electron chi connectivity index (χ1n) is 8.81. The van der Waals surface area contributed by atoms with Crippen molar-refractivity contribution in [3.8, 4) is 0 Å². The van der Waals surface area contributed by atoms with Crippen LogP contribution in [0.1, 0.15) is 40.4 Å². The summed E-state index contributed by atoms with van der Waals surface area (Å²) in [7, 11) is 1.74. The lowest BCUT2D eigenvalue weighted by atomic mass is 10.1. The molecule has 0 bridgehead atoms. The summed E-state index contributed by atoms with van der Waals surface area (Å²) in [6.45, 7) is 3.82. The van der Waals surface area contributed by atoms with Gasteiger partial charge in [0, 0.05) is 11.9 Å². The van der Waals surface area contributed by atoms with E-state index in [1.54, 1.807) is 24.9 Å². The Balaban J connectivity index is 2.20. The molecule has 0 saturated heterocycles. The Morgan fingerprint density at radius 1 is 1.31 bits per heavy atom. The molecule has 1 aliphatic rings. The van der Waals surface area contributed by atoms with E-state index in [0.29, 0.717) is 11.4 Å². The third kappa shape index (κ3) is 3.74. The lowest BCUT2D eigenvalue weighted by Crippen LogP contribution is -2.35. The highest BCUT2D eigenvalue weighted by Crippen LogP contribution is 2.49. The zero-order valence-corrected chi connectivity index (χ0v) is 17.2. The number of aryl methyl sites for hydroxylation is 1. The van der Waals surface area contributed by atoms with Crippen LogP contribution in [-0.4, -0.2) is 30.8 Å². The molecule has 1 amide bonds. The monoisotopic (exact) mass is 426 g/mol. The van der Waals surface area contributed by atoms with Crippen LogP contribution in [-0.2, 0) is 11.0 Å². The van der Waals surface area contributed by atoms with Gasteiger partial charge < -0.3 is 10.6 Å². The van der Waals surface area contributed by atoms with E-state index in [-0.39, 0.29) is 18.0 Å². The number of hydrogen-bond donors (Lipinski definition) is 1. The molecule has 1 aromatic heterocycles. The highest BCUT2D eigenvalue weighted by atomic mass is 32.2. The standard InChI is InChI=1S/C19H21F3N4O2S/c1-5-28-26-14-9-11(19(20,21)22)6-7-13(14)25(3)18(26)15-16(29-4)10(2)8-12(24-15)17(23)27/h6-9,18H,5H2,1-4H3,(H2,23,27). The third-order valence-corrected chi connectivity index (χ3v) is 5.60. The normalized spacial score (nSPS) is 16.3. The lowest BCUT2D eigenvalue weighted by molar-refractivity contribution is -0.137. The van der Waals surface area contributed by atoms with Gasteiger partial charge in [0.15, 0.2) is 6.17 Å². The number of carbonyl (C=O) groups excluding carboxylic acids is 1. The second kappa shape index (κ2) is 7.75. The summed E-state index contributed by atoms with van der Waals surface area (Å²) in [6, 6.07) is 5.11. The number of nitrogens with two attached hydrogens (primary N) is 1. The summed E-state index contributed by atoms with van der Waals surface area (Å²) in [5.74, 6) is -0.678.